The van der Waals surface area contributed by atoms with Gasteiger partial charge in [-0.2, -0.15) is 19.2 Å². The zero-order chi connectivity index (χ0) is 32.7. The van der Waals surface area contributed by atoms with Gasteiger partial charge in [0.05, 0.1) is 37.3 Å². The van der Waals surface area contributed by atoms with Crippen LogP contribution in [0, 0.1) is 6.92 Å². The molecular formula is C36H39F3N4OsP2+2. The van der Waals surface area contributed by atoms with Gasteiger partial charge in [0.1, 0.15) is 0 Å². The summed E-state index contributed by atoms with van der Waals surface area (Å²) in [5.74, 6) is 0. The van der Waals surface area contributed by atoms with E-state index < -0.39 is 11.7 Å². The first-order valence-corrected chi connectivity index (χ1v) is 19.4. The third-order valence-corrected chi connectivity index (χ3v) is 9.31. The van der Waals surface area contributed by atoms with Crippen LogP contribution in [0.3, 0.4) is 0 Å². The van der Waals surface area contributed by atoms with Gasteiger partial charge in [-0.05, 0) is 55.1 Å². The molecule has 0 fully saturated rings. The molecule has 46 heavy (non-hydrogen) atoms. The van der Waals surface area contributed by atoms with E-state index in [0.29, 0.717) is 11.3 Å². The molecule has 0 aliphatic heterocycles. The molecule has 3 aromatic carbocycles. The maximum absolute atomic E-state index is 12.3. The fraction of sp³-hybridized carbons (Fsp3) is 0.167. The van der Waals surface area contributed by atoms with Crippen molar-refractivity contribution in [2.45, 2.75) is 13.1 Å². The Kier molecular flexibility index (Phi) is 16.8. The number of alkyl halides is 3. The van der Waals surface area contributed by atoms with Gasteiger partial charge in [-0.25, -0.2) is 0 Å². The van der Waals surface area contributed by atoms with Gasteiger partial charge in [-0.1, -0.05) is 71.9 Å². The Labute approximate surface area is 285 Å². The molecule has 3 aromatic heterocycles. The molecule has 0 spiro atoms. The second-order valence-corrected chi connectivity index (χ2v) is 15.6. The third kappa shape index (κ3) is 13.5. The van der Waals surface area contributed by atoms with Gasteiger partial charge in [0.25, 0.3) is 0 Å². The van der Waals surface area contributed by atoms with Crippen LogP contribution in [0.1, 0.15) is 11.3 Å². The predicted octanol–water partition coefficient (Wildman–Crippen LogP) is 8.46. The van der Waals surface area contributed by atoms with Crippen molar-refractivity contribution in [3.63, 3.8) is 0 Å². The standard InChI is InChI=1S/C11H7F3N.C9H8N3.2C8H11P.Os/c12-11(13,14)9-5-4-8(7-9)10-3-1-2-6-15-10;1-7-6-9(12-11-7)8-4-2-3-5-10-8;2*1-9(2)8-6-4-3-5-7-8;/h1-7H;2-6H,1H3;2*3-7H,1-2H3;/q2*-1;;;+2/p+2. The van der Waals surface area contributed by atoms with Gasteiger partial charge in [-0.15, -0.1) is 17.7 Å². The molecule has 0 aliphatic carbocycles. The van der Waals surface area contributed by atoms with Gasteiger partial charge in [0.2, 0.25) is 0 Å². The molecule has 0 saturated carbocycles. The SMILES string of the molecule is C[PH+](C)c1ccccc1.C[PH+](C)c1ccccc1.Cc1cc(-c2ccccn2)[n-]n1.FC(F)(F)c1c[cH-]c(-c2ccccn2)c1.[Os+2]. The summed E-state index contributed by atoms with van der Waals surface area (Å²) < 4.78 is 36.9. The molecule has 0 saturated heterocycles. The van der Waals surface area contributed by atoms with E-state index >= 15 is 0 Å². The van der Waals surface area contributed by atoms with Gasteiger partial charge < -0.3 is 15.2 Å². The summed E-state index contributed by atoms with van der Waals surface area (Å²) >= 11 is 0. The number of aromatic nitrogens is 4. The second kappa shape index (κ2) is 20.0. The number of aryl methyl sites for hydroxylation is 1. The van der Waals surface area contributed by atoms with Gasteiger partial charge in [-0.3, -0.25) is 4.98 Å². The minimum absolute atomic E-state index is 0. The van der Waals surface area contributed by atoms with Gasteiger partial charge >= 0.3 is 26.0 Å². The first kappa shape index (κ1) is 38.8. The molecular weight excluding hydrogens is 798 g/mol. The first-order chi connectivity index (χ1) is 21.5. The van der Waals surface area contributed by atoms with E-state index in [-0.39, 0.29) is 35.6 Å². The van der Waals surface area contributed by atoms with E-state index in [1.165, 1.54) is 16.7 Å². The Bertz CT molecular complexity index is 1600. The average Bonchev–Trinajstić information content (AvgIpc) is 3.74. The van der Waals surface area contributed by atoms with Crippen LogP contribution >= 0.6 is 15.8 Å². The van der Waals surface area contributed by atoms with Gasteiger partial charge in [0, 0.05) is 39.6 Å². The number of pyridine rings is 2. The molecule has 0 aliphatic rings. The normalized spacial score (nSPS) is 10.4. The molecule has 0 radical (unpaired) electrons. The fourth-order valence-corrected chi connectivity index (χ4v) is 5.60. The van der Waals surface area contributed by atoms with E-state index in [1.54, 1.807) is 30.6 Å². The van der Waals surface area contributed by atoms with Gasteiger partial charge in [0.15, 0.2) is 0 Å². The molecule has 3 heterocycles. The summed E-state index contributed by atoms with van der Waals surface area (Å²) in [6.07, 6.45) is -0.984. The van der Waals surface area contributed by atoms with E-state index in [1.807, 2.05) is 31.2 Å². The van der Waals surface area contributed by atoms with Crippen molar-refractivity contribution in [3.8, 4) is 22.6 Å². The Balaban J connectivity index is 0.000000217. The summed E-state index contributed by atoms with van der Waals surface area (Å²) in [7, 11) is -0.424. The third-order valence-electron chi connectivity index (χ3n) is 6.33. The Morgan fingerprint density at radius 2 is 1.13 bits per heavy atom. The molecule has 4 nitrogen and oxygen atoms in total. The zero-order valence-electron chi connectivity index (χ0n) is 26.5. The molecule has 240 valence electrons. The predicted molar refractivity (Wildman–Crippen MR) is 188 cm³/mol. The minimum Gasteiger partial charge on any atom is -0.574 e. The number of rotatable bonds is 4. The number of hydrogen-bond acceptors (Lipinski definition) is 3. The maximum Gasteiger partial charge on any atom is 2.00 e. The second-order valence-electron chi connectivity index (χ2n) is 10.4. The maximum atomic E-state index is 12.3. The van der Waals surface area contributed by atoms with Crippen molar-refractivity contribution >= 4 is 26.5 Å². The van der Waals surface area contributed by atoms with Crippen LogP contribution < -0.4 is 15.7 Å². The van der Waals surface area contributed by atoms with Crippen LogP contribution in [-0.2, 0) is 26.0 Å². The largest absolute Gasteiger partial charge is 2.00 e. The topological polar surface area (TPSA) is 52.8 Å². The van der Waals surface area contributed by atoms with E-state index in [2.05, 4.69) is 107 Å². The molecule has 0 atom stereocenters. The Hall–Kier alpha value is -3.41. The summed E-state index contributed by atoms with van der Waals surface area (Å²) in [4.78, 5) is 8.14. The van der Waals surface area contributed by atoms with E-state index in [4.69, 9.17) is 0 Å². The molecule has 0 bridgehead atoms. The quantitative estimate of drug-likeness (QED) is 0.132. The number of halogens is 3. The molecule has 0 N–H and O–H groups in total. The monoisotopic (exact) mass is 838 g/mol. The molecule has 0 unspecified atom stereocenters. The van der Waals surface area contributed by atoms with Crippen molar-refractivity contribution in [2.75, 3.05) is 26.7 Å². The fourth-order valence-electron chi connectivity index (χ4n) is 3.88. The van der Waals surface area contributed by atoms with Crippen molar-refractivity contribution in [1.82, 2.24) is 20.2 Å². The molecule has 6 aromatic rings. The minimum atomic E-state index is -4.28. The number of benzene rings is 2. The van der Waals surface area contributed by atoms with Crippen LogP contribution in [0.15, 0.2) is 134 Å². The van der Waals surface area contributed by atoms with Crippen LogP contribution in [-0.4, -0.2) is 41.7 Å². The van der Waals surface area contributed by atoms with Crippen molar-refractivity contribution in [3.05, 3.63) is 145 Å². The molecule has 6 rings (SSSR count). The van der Waals surface area contributed by atoms with Crippen LogP contribution in [0.5, 0.6) is 0 Å². The summed E-state index contributed by atoms with van der Waals surface area (Å²) in [6.45, 7) is 11.1. The van der Waals surface area contributed by atoms with E-state index in [9.17, 15) is 13.2 Å². The number of hydrogen-bond donors (Lipinski definition) is 0. The van der Waals surface area contributed by atoms with Crippen molar-refractivity contribution in [2.24, 2.45) is 0 Å². The van der Waals surface area contributed by atoms with Crippen LogP contribution in [0.25, 0.3) is 22.6 Å². The molecule has 0 amide bonds. The first-order valence-electron chi connectivity index (χ1n) is 14.4. The zero-order valence-corrected chi connectivity index (χ0v) is 31.0. The van der Waals surface area contributed by atoms with Crippen molar-refractivity contribution < 1.29 is 33.0 Å². The summed E-state index contributed by atoms with van der Waals surface area (Å²) in [5.41, 5.74) is 3.04. The Morgan fingerprint density at radius 1 is 0.652 bits per heavy atom. The smallest absolute Gasteiger partial charge is 0.574 e. The summed E-state index contributed by atoms with van der Waals surface area (Å²) in [5, 5.41) is 10.9. The molecule has 10 heteroatoms. The summed E-state index contributed by atoms with van der Waals surface area (Å²) in [6, 6.07) is 37.7. The van der Waals surface area contributed by atoms with Crippen molar-refractivity contribution in [1.29, 1.82) is 0 Å². The average molecular weight is 837 g/mol. The van der Waals surface area contributed by atoms with Crippen LogP contribution in [0.4, 0.5) is 13.2 Å². The number of nitrogens with zero attached hydrogens (tertiary/aromatic N) is 4. The Morgan fingerprint density at radius 3 is 1.48 bits per heavy atom. The van der Waals surface area contributed by atoms with E-state index in [0.717, 1.165) is 29.2 Å². The van der Waals surface area contributed by atoms with Crippen LogP contribution in [0.2, 0.25) is 0 Å².